The molecule has 2 amide bonds. The number of fused-ring (bicyclic) bond motifs is 1. The molecule has 0 radical (unpaired) electrons. The molecule has 0 aromatic carbocycles. The van der Waals surface area contributed by atoms with Gasteiger partial charge in [-0.3, -0.25) is 9.36 Å². The molecule has 274 valence electrons. The molecule has 4 atom stereocenters. The molecule has 6 N–H and O–H groups in total. The lowest BCUT2D eigenvalue weighted by atomic mass is 10.1. The molecule has 3 heterocycles. The average Bonchev–Trinajstić information content (AvgIpc) is 3.59. The summed E-state index contributed by atoms with van der Waals surface area (Å²) < 4.78 is 17.6. The molecule has 15 heteroatoms. The van der Waals surface area contributed by atoms with E-state index >= 15 is 0 Å². The first-order valence-electron chi connectivity index (χ1n) is 17.0. The smallest absolute Gasteiger partial charge is 0.407 e. The van der Waals surface area contributed by atoms with E-state index in [0.29, 0.717) is 19.6 Å². The maximum absolute atomic E-state index is 12.1. The number of alkyl carbamates (subject to hydrolysis) is 1. The molecule has 1 aliphatic heterocycles. The molecule has 14 nitrogen and oxygen atoms in total. The molecule has 0 aliphatic carbocycles. The number of hydrogen-bond acceptors (Lipinski definition) is 11. The van der Waals surface area contributed by atoms with Gasteiger partial charge in [0.25, 0.3) is 0 Å². The van der Waals surface area contributed by atoms with Gasteiger partial charge >= 0.3 is 6.09 Å². The van der Waals surface area contributed by atoms with Gasteiger partial charge in [0.15, 0.2) is 23.2 Å². The van der Waals surface area contributed by atoms with Gasteiger partial charge < -0.3 is 40.8 Å². The van der Waals surface area contributed by atoms with Crippen molar-refractivity contribution >= 4 is 40.6 Å². The first kappa shape index (κ1) is 40.4. The second-order valence-corrected chi connectivity index (χ2v) is 11.7. The number of imidazole rings is 1. The Morgan fingerprint density at radius 2 is 1.56 bits per heavy atom. The van der Waals surface area contributed by atoms with Crippen LogP contribution in [0.5, 0.6) is 0 Å². The van der Waals surface area contributed by atoms with Crippen molar-refractivity contribution in [1.82, 2.24) is 30.2 Å². The Labute approximate surface area is 298 Å². The van der Waals surface area contributed by atoms with Crippen LogP contribution in [-0.2, 0) is 19.0 Å². The standard InChI is InChI=1S/C35H50ClN7O7/c1-2-3-4-5-6-7-8-9-10-11-12-13-14-15-16-17-18-19-27(44)38-20-22-48-23-21-39-35(47)49-24-26-29(45)30(46)33(50-26)43-32-28(42-34(43)36)31(37)40-25-41-32/h3-4,6-7,9-10,12-13,15-16,25-26,29-30,33,45-46H,2,5,8,11,14,17-24H2,1H3,(H,38,44)(H,39,47)(H2,37,40,41). The molecule has 1 aliphatic rings. The van der Waals surface area contributed by atoms with Crippen LogP contribution in [0.1, 0.15) is 64.5 Å². The Kier molecular flexibility index (Phi) is 18.8. The number of halogens is 1. The number of aromatic nitrogens is 4. The number of carbonyl (C=O) groups is 2. The van der Waals surface area contributed by atoms with Crippen LogP contribution in [0.15, 0.2) is 67.1 Å². The monoisotopic (exact) mass is 715 g/mol. The van der Waals surface area contributed by atoms with E-state index in [0.717, 1.165) is 44.9 Å². The maximum atomic E-state index is 12.1. The minimum absolute atomic E-state index is 0.0350. The Bertz CT molecular complexity index is 1480. The summed E-state index contributed by atoms with van der Waals surface area (Å²) in [6, 6.07) is 0. The van der Waals surface area contributed by atoms with Crippen molar-refractivity contribution < 1.29 is 34.0 Å². The fourth-order valence-electron chi connectivity index (χ4n) is 4.84. The highest BCUT2D eigenvalue weighted by atomic mass is 35.5. The number of aliphatic hydroxyl groups excluding tert-OH is 2. The molecule has 1 saturated heterocycles. The van der Waals surface area contributed by atoms with Crippen LogP contribution in [0, 0.1) is 0 Å². The number of amides is 2. The molecule has 0 saturated carbocycles. The molecule has 50 heavy (non-hydrogen) atoms. The van der Waals surface area contributed by atoms with E-state index in [2.05, 4.69) is 93.3 Å². The largest absolute Gasteiger partial charge is 0.447 e. The number of carbonyl (C=O) groups excluding carboxylic acids is 2. The summed E-state index contributed by atoms with van der Waals surface area (Å²) in [5, 5.41) is 26.3. The summed E-state index contributed by atoms with van der Waals surface area (Å²) in [7, 11) is 0. The van der Waals surface area contributed by atoms with E-state index in [1.807, 2.05) is 0 Å². The highest BCUT2D eigenvalue weighted by molar-refractivity contribution is 6.29. The lowest BCUT2D eigenvalue weighted by Gasteiger charge is -2.17. The Morgan fingerprint density at radius 1 is 0.940 bits per heavy atom. The first-order valence-corrected chi connectivity index (χ1v) is 17.4. The van der Waals surface area contributed by atoms with Crippen LogP contribution in [0.3, 0.4) is 0 Å². The maximum Gasteiger partial charge on any atom is 0.407 e. The Balaban J connectivity index is 1.15. The third-order valence-corrected chi connectivity index (χ3v) is 7.72. The van der Waals surface area contributed by atoms with Crippen LogP contribution in [0.25, 0.3) is 11.2 Å². The van der Waals surface area contributed by atoms with E-state index in [1.165, 1.54) is 10.9 Å². The topological polar surface area (TPSA) is 196 Å². The van der Waals surface area contributed by atoms with Crippen molar-refractivity contribution in [3.05, 3.63) is 72.4 Å². The van der Waals surface area contributed by atoms with Gasteiger partial charge in [-0.2, -0.15) is 0 Å². The minimum Gasteiger partial charge on any atom is -0.447 e. The highest BCUT2D eigenvalue weighted by Gasteiger charge is 2.45. The number of aliphatic hydroxyl groups is 2. The number of allylic oxidation sites excluding steroid dienone is 10. The van der Waals surface area contributed by atoms with Gasteiger partial charge in [-0.15, -0.1) is 0 Å². The summed E-state index contributed by atoms with van der Waals surface area (Å²) in [6.45, 7) is 2.82. The molecule has 0 spiro atoms. The van der Waals surface area contributed by atoms with Crippen LogP contribution >= 0.6 is 11.6 Å². The summed E-state index contributed by atoms with van der Waals surface area (Å²) in [4.78, 5) is 36.2. The predicted molar refractivity (Wildman–Crippen MR) is 192 cm³/mol. The van der Waals surface area contributed by atoms with Gasteiger partial charge in [0.05, 0.1) is 13.2 Å². The Morgan fingerprint density at radius 3 is 2.22 bits per heavy atom. The molecule has 3 rings (SSSR count). The summed E-state index contributed by atoms with van der Waals surface area (Å²) in [5.41, 5.74) is 6.26. The second-order valence-electron chi connectivity index (χ2n) is 11.3. The van der Waals surface area contributed by atoms with Gasteiger partial charge in [-0.05, 0) is 56.5 Å². The van der Waals surface area contributed by atoms with Gasteiger partial charge in [0, 0.05) is 19.5 Å². The van der Waals surface area contributed by atoms with Crippen LogP contribution in [0.2, 0.25) is 5.28 Å². The quantitative estimate of drug-likeness (QED) is 0.0656. The fourth-order valence-corrected chi connectivity index (χ4v) is 5.10. The normalized spacial score (nSPS) is 19.7. The zero-order valence-electron chi connectivity index (χ0n) is 28.5. The van der Waals surface area contributed by atoms with Crippen LogP contribution < -0.4 is 16.4 Å². The van der Waals surface area contributed by atoms with Gasteiger partial charge in [0.2, 0.25) is 11.2 Å². The minimum atomic E-state index is -1.41. The number of rotatable bonds is 22. The van der Waals surface area contributed by atoms with E-state index in [-0.39, 0.29) is 47.9 Å². The van der Waals surface area contributed by atoms with Crippen molar-refractivity contribution in [2.75, 3.05) is 38.6 Å². The molecule has 4 unspecified atom stereocenters. The lowest BCUT2D eigenvalue weighted by molar-refractivity contribution is -0.121. The Hall–Kier alpha value is -4.08. The van der Waals surface area contributed by atoms with Crippen molar-refractivity contribution in [1.29, 1.82) is 0 Å². The zero-order valence-corrected chi connectivity index (χ0v) is 29.3. The van der Waals surface area contributed by atoms with Crippen molar-refractivity contribution in [3.63, 3.8) is 0 Å². The van der Waals surface area contributed by atoms with Crippen molar-refractivity contribution in [3.8, 4) is 0 Å². The molecular formula is C35H50ClN7O7. The van der Waals surface area contributed by atoms with E-state index in [9.17, 15) is 19.8 Å². The number of unbranched alkanes of at least 4 members (excludes halogenated alkanes) is 1. The molecule has 0 bridgehead atoms. The van der Waals surface area contributed by atoms with Crippen molar-refractivity contribution in [2.45, 2.75) is 82.8 Å². The van der Waals surface area contributed by atoms with E-state index < -0.39 is 30.6 Å². The fraction of sp³-hybridized carbons (Fsp3) is 0.514. The average molecular weight is 716 g/mol. The first-order chi connectivity index (χ1) is 24.3. The number of nitrogens with zero attached hydrogens (tertiary/aromatic N) is 4. The number of nitrogens with two attached hydrogens (primary N) is 1. The molecule has 2 aromatic heterocycles. The number of nitrogen functional groups attached to an aromatic ring is 1. The third-order valence-electron chi connectivity index (χ3n) is 7.45. The number of nitrogens with one attached hydrogen (secondary N) is 2. The number of hydrogen-bond donors (Lipinski definition) is 5. The van der Waals surface area contributed by atoms with Crippen molar-refractivity contribution in [2.24, 2.45) is 0 Å². The summed E-state index contributed by atoms with van der Waals surface area (Å²) in [6.07, 6.45) is 24.0. The van der Waals surface area contributed by atoms with Crippen LogP contribution in [-0.4, -0.2) is 93.0 Å². The highest BCUT2D eigenvalue weighted by Crippen LogP contribution is 2.35. The van der Waals surface area contributed by atoms with Gasteiger partial charge in [0.1, 0.15) is 31.2 Å². The molecule has 1 fully saturated rings. The third kappa shape index (κ3) is 14.0. The van der Waals surface area contributed by atoms with Gasteiger partial charge in [-0.1, -0.05) is 67.7 Å². The SMILES string of the molecule is CCC=CCC=CCC=CCC=CCC=CCCCC(=O)NCCOCCNC(=O)OCC1OC(n2c(Cl)nc3c(N)ncnc32)C(O)C1O. The van der Waals surface area contributed by atoms with Crippen LogP contribution in [0.4, 0.5) is 10.6 Å². The number of anilines is 1. The summed E-state index contributed by atoms with van der Waals surface area (Å²) in [5.74, 6) is 0.0602. The van der Waals surface area contributed by atoms with Gasteiger partial charge in [-0.25, -0.2) is 19.7 Å². The molecular weight excluding hydrogens is 666 g/mol. The lowest BCUT2D eigenvalue weighted by Crippen LogP contribution is -2.36. The van der Waals surface area contributed by atoms with E-state index in [4.69, 9.17) is 31.5 Å². The van der Waals surface area contributed by atoms with E-state index in [1.54, 1.807) is 0 Å². The number of ether oxygens (including phenoxy) is 3. The zero-order chi connectivity index (χ0) is 36.0. The second kappa shape index (κ2) is 23.3. The predicted octanol–water partition coefficient (Wildman–Crippen LogP) is 4.46. The summed E-state index contributed by atoms with van der Waals surface area (Å²) >= 11 is 6.22. The molecule has 2 aromatic rings.